The molecule has 0 amide bonds. The number of halogens is 2. The molecule has 0 spiro atoms. The Morgan fingerprint density at radius 3 is 2.78 bits per heavy atom. The molecular formula is C12H14ClFN4. The van der Waals surface area contributed by atoms with Gasteiger partial charge in [0.1, 0.15) is 5.82 Å². The fourth-order valence-corrected chi connectivity index (χ4v) is 2.26. The van der Waals surface area contributed by atoms with Gasteiger partial charge in [0, 0.05) is 7.05 Å². The number of nitrogens with zero attached hydrogens (tertiary/aromatic N) is 2. The highest BCUT2D eigenvalue weighted by Gasteiger charge is 2.21. The molecule has 0 aliphatic carbocycles. The quantitative estimate of drug-likeness (QED) is 0.662. The number of hydrazine groups is 1. The van der Waals surface area contributed by atoms with Gasteiger partial charge in [-0.25, -0.2) is 9.82 Å². The molecular weight excluding hydrogens is 255 g/mol. The standard InChI is InChI=1S/C12H14ClFN4/c1-7-3-4-8(14)5-9(7)11(17-15)12-10(13)6-16-18(12)2/h3-6,11,17H,15H2,1-2H3. The largest absolute Gasteiger partial charge is 0.271 e. The van der Waals surface area contributed by atoms with Crippen molar-refractivity contribution in [2.75, 3.05) is 0 Å². The molecule has 3 N–H and O–H groups in total. The lowest BCUT2D eigenvalue weighted by Crippen LogP contribution is -2.31. The van der Waals surface area contributed by atoms with Gasteiger partial charge in [-0.3, -0.25) is 10.5 Å². The fraction of sp³-hybridized carbons (Fsp3) is 0.250. The topological polar surface area (TPSA) is 55.9 Å². The van der Waals surface area contributed by atoms with E-state index in [9.17, 15) is 4.39 Å². The van der Waals surface area contributed by atoms with E-state index in [0.717, 1.165) is 11.1 Å². The molecule has 0 saturated heterocycles. The monoisotopic (exact) mass is 268 g/mol. The summed E-state index contributed by atoms with van der Waals surface area (Å²) < 4.78 is 15.0. The van der Waals surface area contributed by atoms with Crippen molar-refractivity contribution in [3.8, 4) is 0 Å². The summed E-state index contributed by atoms with van der Waals surface area (Å²) in [5.41, 5.74) is 5.03. The molecule has 0 aliphatic rings. The van der Waals surface area contributed by atoms with E-state index in [4.69, 9.17) is 17.4 Å². The molecule has 2 aromatic rings. The average Bonchev–Trinajstić information content (AvgIpc) is 2.66. The molecule has 6 heteroatoms. The van der Waals surface area contributed by atoms with Crippen molar-refractivity contribution in [3.63, 3.8) is 0 Å². The van der Waals surface area contributed by atoms with Gasteiger partial charge in [-0.1, -0.05) is 17.7 Å². The summed E-state index contributed by atoms with van der Waals surface area (Å²) in [4.78, 5) is 0. The van der Waals surface area contributed by atoms with E-state index >= 15 is 0 Å². The molecule has 4 nitrogen and oxygen atoms in total. The zero-order valence-electron chi connectivity index (χ0n) is 10.1. The van der Waals surface area contributed by atoms with Crippen molar-refractivity contribution in [1.29, 1.82) is 0 Å². The van der Waals surface area contributed by atoms with E-state index in [0.29, 0.717) is 10.7 Å². The minimum absolute atomic E-state index is 0.311. The van der Waals surface area contributed by atoms with Crippen molar-refractivity contribution in [1.82, 2.24) is 15.2 Å². The zero-order valence-corrected chi connectivity index (χ0v) is 10.9. The number of hydrogen-bond donors (Lipinski definition) is 2. The maximum Gasteiger partial charge on any atom is 0.123 e. The van der Waals surface area contributed by atoms with E-state index in [-0.39, 0.29) is 5.82 Å². The Kier molecular flexibility index (Phi) is 3.65. The number of nitrogens with two attached hydrogens (primary N) is 1. The molecule has 1 atom stereocenters. The van der Waals surface area contributed by atoms with Crippen molar-refractivity contribution >= 4 is 11.6 Å². The van der Waals surface area contributed by atoms with Crippen LogP contribution in [0.25, 0.3) is 0 Å². The molecule has 0 saturated carbocycles. The summed E-state index contributed by atoms with van der Waals surface area (Å²) in [5.74, 6) is 5.27. The molecule has 0 bridgehead atoms. The van der Waals surface area contributed by atoms with Crippen LogP contribution in [0.1, 0.15) is 22.9 Å². The Morgan fingerprint density at radius 2 is 2.22 bits per heavy atom. The van der Waals surface area contributed by atoms with Gasteiger partial charge in [0.15, 0.2) is 0 Å². The minimum atomic E-state index is -0.402. The van der Waals surface area contributed by atoms with Crippen LogP contribution in [-0.2, 0) is 7.05 Å². The number of aryl methyl sites for hydroxylation is 2. The van der Waals surface area contributed by atoms with Gasteiger partial charge in [-0.05, 0) is 30.2 Å². The fourth-order valence-electron chi connectivity index (χ4n) is 1.98. The smallest absolute Gasteiger partial charge is 0.123 e. The Labute approximate surface area is 110 Å². The molecule has 0 radical (unpaired) electrons. The molecule has 1 heterocycles. The molecule has 0 fully saturated rings. The second-order valence-corrected chi connectivity index (χ2v) is 4.51. The summed E-state index contributed by atoms with van der Waals surface area (Å²) in [6, 6.07) is 4.17. The van der Waals surface area contributed by atoms with Crippen LogP contribution in [0.15, 0.2) is 24.4 Å². The maximum atomic E-state index is 13.4. The second kappa shape index (κ2) is 5.06. The highest BCUT2D eigenvalue weighted by atomic mass is 35.5. The van der Waals surface area contributed by atoms with Gasteiger partial charge >= 0.3 is 0 Å². The second-order valence-electron chi connectivity index (χ2n) is 4.10. The third-order valence-electron chi connectivity index (χ3n) is 2.93. The first-order valence-corrected chi connectivity index (χ1v) is 5.82. The SMILES string of the molecule is Cc1ccc(F)cc1C(NN)c1c(Cl)cnn1C. The third-order valence-corrected chi connectivity index (χ3v) is 3.22. The lowest BCUT2D eigenvalue weighted by molar-refractivity contribution is 0.564. The first kappa shape index (κ1) is 13.0. The Balaban J connectivity index is 2.55. The predicted octanol–water partition coefficient (Wildman–Crippen LogP) is 2.07. The van der Waals surface area contributed by atoms with Crippen molar-refractivity contribution in [2.45, 2.75) is 13.0 Å². The van der Waals surface area contributed by atoms with E-state index < -0.39 is 6.04 Å². The summed E-state index contributed by atoms with van der Waals surface area (Å²) in [6.07, 6.45) is 1.54. The van der Waals surface area contributed by atoms with Crippen molar-refractivity contribution in [3.05, 3.63) is 52.1 Å². The molecule has 1 unspecified atom stereocenters. The molecule has 1 aromatic heterocycles. The number of aromatic nitrogens is 2. The van der Waals surface area contributed by atoms with Crippen LogP contribution in [0.5, 0.6) is 0 Å². The molecule has 96 valence electrons. The molecule has 2 rings (SSSR count). The van der Waals surface area contributed by atoms with Crippen molar-refractivity contribution < 1.29 is 4.39 Å². The van der Waals surface area contributed by atoms with Crippen molar-refractivity contribution in [2.24, 2.45) is 12.9 Å². The van der Waals surface area contributed by atoms with Gasteiger partial charge < -0.3 is 0 Å². The lowest BCUT2D eigenvalue weighted by Gasteiger charge is -2.19. The van der Waals surface area contributed by atoms with E-state index in [1.54, 1.807) is 17.8 Å². The molecule has 0 aliphatic heterocycles. The summed E-state index contributed by atoms with van der Waals surface area (Å²) >= 11 is 6.09. The van der Waals surface area contributed by atoms with E-state index in [1.807, 2.05) is 6.92 Å². The normalized spacial score (nSPS) is 12.7. The molecule has 1 aromatic carbocycles. The van der Waals surface area contributed by atoms with E-state index in [2.05, 4.69) is 10.5 Å². The highest BCUT2D eigenvalue weighted by molar-refractivity contribution is 6.31. The Bertz CT molecular complexity index is 548. The van der Waals surface area contributed by atoms with Gasteiger partial charge in [-0.2, -0.15) is 5.10 Å². The van der Waals surface area contributed by atoms with Gasteiger partial charge in [0.25, 0.3) is 0 Å². The first-order chi connectivity index (χ1) is 8.54. The summed E-state index contributed by atoms with van der Waals surface area (Å²) in [5, 5.41) is 4.55. The van der Waals surface area contributed by atoms with E-state index in [1.165, 1.54) is 18.3 Å². The van der Waals surface area contributed by atoms with Gasteiger partial charge in [-0.15, -0.1) is 0 Å². The number of nitrogens with one attached hydrogen (secondary N) is 1. The van der Waals surface area contributed by atoms with Crippen LogP contribution in [-0.4, -0.2) is 9.78 Å². The Morgan fingerprint density at radius 1 is 1.50 bits per heavy atom. The summed E-state index contributed by atoms with van der Waals surface area (Å²) in [7, 11) is 1.76. The molecule has 18 heavy (non-hydrogen) atoms. The van der Waals surface area contributed by atoms with Crippen LogP contribution >= 0.6 is 11.6 Å². The Hall–Kier alpha value is -1.43. The van der Waals surface area contributed by atoms with Gasteiger partial charge in [0.2, 0.25) is 0 Å². The van der Waals surface area contributed by atoms with Crippen LogP contribution < -0.4 is 11.3 Å². The lowest BCUT2D eigenvalue weighted by atomic mass is 9.99. The first-order valence-electron chi connectivity index (χ1n) is 5.44. The minimum Gasteiger partial charge on any atom is -0.271 e. The number of benzene rings is 1. The van der Waals surface area contributed by atoms with Crippen LogP contribution in [0, 0.1) is 12.7 Å². The third kappa shape index (κ3) is 2.25. The van der Waals surface area contributed by atoms with Crippen LogP contribution in [0.2, 0.25) is 5.02 Å². The zero-order chi connectivity index (χ0) is 13.3. The average molecular weight is 269 g/mol. The predicted molar refractivity (Wildman–Crippen MR) is 68.5 cm³/mol. The van der Waals surface area contributed by atoms with Gasteiger partial charge in [0.05, 0.1) is 23.0 Å². The summed E-state index contributed by atoms with van der Waals surface area (Å²) in [6.45, 7) is 1.89. The highest BCUT2D eigenvalue weighted by Crippen LogP contribution is 2.29. The number of hydrogen-bond acceptors (Lipinski definition) is 3. The maximum absolute atomic E-state index is 13.4. The van der Waals surface area contributed by atoms with Crippen LogP contribution in [0.4, 0.5) is 4.39 Å². The number of rotatable bonds is 3. The van der Waals surface area contributed by atoms with Crippen LogP contribution in [0.3, 0.4) is 0 Å².